The Bertz CT molecular complexity index is 1400. The van der Waals surface area contributed by atoms with E-state index in [2.05, 4.69) is 90.2 Å². The van der Waals surface area contributed by atoms with Crippen LogP contribution in [0.5, 0.6) is 0 Å². The van der Waals surface area contributed by atoms with E-state index in [1.54, 1.807) is 0 Å². The van der Waals surface area contributed by atoms with Gasteiger partial charge in [-0.1, -0.05) is 139 Å². The van der Waals surface area contributed by atoms with Gasteiger partial charge in [0.05, 0.1) is 12.7 Å². The lowest BCUT2D eigenvalue weighted by Crippen LogP contribution is -2.25. The van der Waals surface area contributed by atoms with E-state index in [1.165, 1.54) is 27.7 Å². The van der Waals surface area contributed by atoms with E-state index in [4.69, 9.17) is 4.74 Å². The second-order valence-corrected chi connectivity index (χ2v) is 12.4. The van der Waals surface area contributed by atoms with Crippen molar-refractivity contribution in [3.8, 4) is 0 Å². The van der Waals surface area contributed by atoms with Crippen molar-refractivity contribution in [1.29, 1.82) is 0 Å². The molecule has 0 aliphatic carbocycles. The first-order valence-corrected chi connectivity index (χ1v) is 14.8. The van der Waals surface area contributed by atoms with E-state index < -0.39 is 7.05 Å². The van der Waals surface area contributed by atoms with Crippen LogP contribution in [0.3, 0.4) is 0 Å². The molecule has 0 radical (unpaired) electrons. The van der Waals surface area contributed by atoms with Crippen LogP contribution in [0.1, 0.15) is 5.56 Å². The zero-order valence-corrected chi connectivity index (χ0v) is 22.0. The SMILES string of the molecule is O=C(Nc1ccccc1)SCc1ccccc1N=P(c1ccccc1)(c1ccccc1)c1ccccc1. The molecule has 0 aromatic heterocycles. The number of para-hydroxylation sites is 1. The van der Waals surface area contributed by atoms with Crippen molar-refractivity contribution < 1.29 is 4.79 Å². The van der Waals surface area contributed by atoms with Gasteiger partial charge in [-0.2, -0.15) is 0 Å². The van der Waals surface area contributed by atoms with Crippen LogP contribution in [-0.4, -0.2) is 5.24 Å². The highest BCUT2D eigenvalue weighted by Crippen LogP contribution is 2.50. The summed E-state index contributed by atoms with van der Waals surface area (Å²) in [5.74, 6) is 0.525. The number of thioether (sulfide) groups is 1. The molecular weight excluding hydrogens is 491 g/mol. The quantitative estimate of drug-likeness (QED) is 0.222. The Hall–Kier alpha value is -3.85. The highest BCUT2D eigenvalue weighted by molar-refractivity contribution is 8.13. The monoisotopic (exact) mass is 518 g/mol. The summed E-state index contributed by atoms with van der Waals surface area (Å²) in [4.78, 5) is 12.7. The van der Waals surface area contributed by atoms with E-state index in [1.807, 2.05) is 60.7 Å². The van der Waals surface area contributed by atoms with Gasteiger partial charge in [0.1, 0.15) is 0 Å². The molecule has 1 amide bonds. The van der Waals surface area contributed by atoms with Crippen LogP contribution in [0.15, 0.2) is 150 Å². The Kier molecular flexibility index (Phi) is 8.00. The first-order valence-electron chi connectivity index (χ1n) is 12.1. The number of hydrogen-bond acceptors (Lipinski definition) is 3. The Balaban J connectivity index is 1.61. The molecule has 5 heteroatoms. The molecule has 3 nitrogen and oxygen atoms in total. The molecule has 0 bridgehead atoms. The Morgan fingerprint density at radius 2 is 1.03 bits per heavy atom. The normalized spacial score (nSPS) is 11.0. The third kappa shape index (κ3) is 5.77. The smallest absolute Gasteiger partial charge is 0.283 e. The molecule has 0 saturated heterocycles. The van der Waals surface area contributed by atoms with Gasteiger partial charge < -0.3 is 5.32 Å². The number of anilines is 1. The van der Waals surface area contributed by atoms with E-state index in [0.717, 1.165) is 16.9 Å². The Morgan fingerprint density at radius 1 is 0.595 bits per heavy atom. The molecule has 5 aromatic rings. The second-order valence-electron chi connectivity index (χ2n) is 8.44. The van der Waals surface area contributed by atoms with Crippen molar-refractivity contribution >= 4 is 51.3 Å². The molecule has 0 atom stereocenters. The maximum atomic E-state index is 12.7. The highest BCUT2D eigenvalue weighted by atomic mass is 32.2. The van der Waals surface area contributed by atoms with Crippen LogP contribution in [0, 0.1) is 0 Å². The number of benzene rings is 5. The summed E-state index contributed by atoms with van der Waals surface area (Å²) in [6.45, 7) is 0. The van der Waals surface area contributed by atoms with Gasteiger partial charge in [0.25, 0.3) is 5.24 Å². The molecule has 0 unspecified atom stereocenters. The fraction of sp³-hybridized carbons (Fsp3) is 0.0312. The molecule has 0 heterocycles. The lowest BCUT2D eigenvalue weighted by molar-refractivity contribution is 0.269. The largest absolute Gasteiger partial charge is 0.317 e. The summed E-state index contributed by atoms with van der Waals surface area (Å²) >= 11 is 1.25. The molecule has 0 aliphatic rings. The molecule has 0 spiro atoms. The molecule has 0 fully saturated rings. The van der Waals surface area contributed by atoms with Crippen molar-refractivity contribution in [3.63, 3.8) is 0 Å². The van der Waals surface area contributed by atoms with Crippen LogP contribution in [0.25, 0.3) is 0 Å². The summed E-state index contributed by atoms with van der Waals surface area (Å²) in [5, 5.41) is 6.45. The zero-order chi connectivity index (χ0) is 25.3. The Labute approximate surface area is 222 Å². The van der Waals surface area contributed by atoms with Crippen LogP contribution in [0.4, 0.5) is 16.2 Å². The second kappa shape index (κ2) is 11.9. The van der Waals surface area contributed by atoms with E-state index in [0.29, 0.717) is 5.75 Å². The number of carbonyl (C=O) groups excluding carboxylic acids is 1. The lowest BCUT2D eigenvalue weighted by Gasteiger charge is -2.27. The number of hydrogen-bond donors (Lipinski definition) is 1. The topological polar surface area (TPSA) is 41.5 Å². The van der Waals surface area contributed by atoms with Gasteiger partial charge in [-0.05, 0) is 23.8 Å². The van der Waals surface area contributed by atoms with Gasteiger partial charge in [0, 0.05) is 27.4 Å². The molecule has 5 aromatic carbocycles. The first-order chi connectivity index (χ1) is 18.3. The summed E-state index contributed by atoms with van der Waals surface area (Å²) in [5.41, 5.74) is 2.73. The molecule has 5 rings (SSSR count). The zero-order valence-electron chi connectivity index (χ0n) is 20.3. The third-order valence-electron chi connectivity index (χ3n) is 6.02. The van der Waals surface area contributed by atoms with Gasteiger partial charge in [-0.25, -0.2) is 0 Å². The third-order valence-corrected chi connectivity index (χ3v) is 10.5. The molecule has 37 heavy (non-hydrogen) atoms. The summed E-state index contributed by atoms with van der Waals surface area (Å²) < 4.78 is 5.63. The minimum Gasteiger partial charge on any atom is -0.317 e. The number of amides is 1. The number of nitrogens with one attached hydrogen (secondary N) is 1. The van der Waals surface area contributed by atoms with Gasteiger partial charge in [0.15, 0.2) is 0 Å². The lowest BCUT2D eigenvalue weighted by atomic mass is 10.2. The average Bonchev–Trinajstić information content (AvgIpc) is 2.97. The first kappa shape index (κ1) is 24.8. The Morgan fingerprint density at radius 3 is 1.54 bits per heavy atom. The maximum absolute atomic E-state index is 12.7. The van der Waals surface area contributed by atoms with Crippen LogP contribution in [0.2, 0.25) is 0 Å². The molecule has 1 N–H and O–H groups in total. The standard InChI is InChI=1S/C32H27N2OPS/c35-32(33-27-16-5-1-6-17-27)37-25-26-15-13-14-24-31(26)34-36(28-18-7-2-8-19-28,29-20-9-3-10-21-29)30-22-11-4-12-23-30/h1-24H,25H2,(H,33,35). The van der Waals surface area contributed by atoms with Crippen molar-refractivity contribution in [2.45, 2.75) is 5.75 Å². The maximum Gasteiger partial charge on any atom is 0.283 e. The predicted octanol–water partition coefficient (Wildman–Crippen LogP) is 7.96. The van der Waals surface area contributed by atoms with Crippen molar-refractivity contribution in [3.05, 3.63) is 151 Å². The number of carbonyl (C=O) groups is 1. The summed E-state index contributed by atoms with van der Waals surface area (Å²) in [7, 11) is -2.39. The average molecular weight is 519 g/mol. The predicted molar refractivity (Wildman–Crippen MR) is 160 cm³/mol. The molecule has 0 saturated carbocycles. The van der Waals surface area contributed by atoms with Gasteiger partial charge in [-0.3, -0.25) is 9.54 Å². The fourth-order valence-corrected chi connectivity index (χ4v) is 8.55. The van der Waals surface area contributed by atoms with Gasteiger partial charge >= 0.3 is 0 Å². The number of rotatable bonds is 7. The van der Waals surface area contributed by atoms with Crippen LogP contribution in [-0.2, 0) is 5.75 Å². The van der Waals surface area contributed by atoms with E-state index in [-0.39, 0.29) is 5.24 Å². The summed E-state index contributed by atoms with van der Waals surface area (Å²) in [6.07, 6.45) is 0. The van der Waals surface area contributed by atoms with E-state index >= 15 is 0 Å². The van der Waals surface area contributed by atoms with Crippen LogP contribution >= 0.6 is 18.8 Å². The van der Waals surface area contributed by atoms with E-state index in [9.17, 15) is 4.79 Å². The van der Waals surface area contributed by atoms with Crippen molar-refractivity contribution in [2.75, 3.05) is 5.32 Å². The number of nitrogens with zero attached hydrogens (tertiary/aromatic N) is 1. The molecule has 0 aliphatic heterocycles. The van der Waals surface area contributed by atoms with Crippen molar-refractivity contribution in [2.24, 2.45) is 4.74 Å². The van der Waals surface area contributed by atoms with Gasteiger partial charge in [0.2, 0.25) is 0 Å². The molecule has 182 valence electrons. The highest BCUT2D eigenvalue weighted by Gasteiger charge is 2.27. The summed E-state index contributed by atoms with van der Waals surface area (Å²) in [6, 6.07) is 49.4. The molecular formula is C32H27N2OPS. The minimum absolute atomic E-state index is 0.0868. The van der Waals surface area contributed by atoms with Crippen LogP contribution < -0.4 is 21.2 Å². The van der Waals surface area contributed by atoms with Gasteiger partial charge in [-0.15, -0.1) is 0 Å². The minimum atomic E-state index is -2.39. The van der Waals surface area contributed by atoms with Crippen molar-refractivity contribution in [1.82, 2.24) is 0 Å². The fourth-order valence-electron chi connectivity index (χ4n) is 4.26.